The van der Waals surface area contributed by atoms with Crippen molar-refractivity contribution in [2.24, 2.45) is 7.05 Å². The minimum atomic E-state index is 0.0285. The Balaban J connectivity index is 1.31. The van der Waals surface area contributed by atoms with Gasteiger partial charge in [-0.3, -0.25) is 9.48 Å². The van der Waals surface area contributed by atoms with Gasteiger partial charge in [-0.1, -0.05) is 19.1 Å². The number of benzene rings is 2. The summed E-state index contributed by atoms with van der Waals surface area (Å²) in [7, 11) is 1.95. The number of carbonyl (C=O) groups excluding carboxylic acids is 1. The number of ketones is 1. The summed E-state index contributed by atoms with van der Waals surface area (Å²) >= 11 is 0. The monoisotopic (exact) mass is 456 g/mol. The number of nitrogens with zero attached hydrogens (tertiary/aromatic N) is 2. The minimum Gasteiger partial charge on any atom is -0.494 e. The van der Waals surface area contributed by atoms with Crippen LogP contribution in [0.3, 0.4) is 0 Å². The quantitative estimate of drug-likeness (QED) is 0.361. The van der Waals surface area contributed by atoms with Crippen LogP contribution in [-0.4, -0.2) is 39.7 Å². The van der Waals surface area contributed by atoms with Gasteiger partial charge in [-0.25, -0.2) is 0 Å². The van der Waals surface area contributed by atoms with Crippen LogP contribution < -0.4 is 10.1 Å². The molecule has 0 saturated heterocycles. The number of aryl methyl sites for hydroxylation is 2. The van der Waals surface area contributed by atoms with E-state index in [9.17, 15) is 4.79 Å². The summed E-state index contributed by atoms with van der Waals surface area (Å²) < 4.78 is 7.57. The smallest absolute Gasteiger partial charge is 0.193 e. The highest BCUT2D eigenvalue weighted by atomic mass is 16.5. The summed E-state index contributed by atoms with van der Waals surface area (Å²) in [6.45, 7) is 3.66. The number of ether oxygens (including phenoxy) is 1. The molecule has 34 heavy (non-hydrogen) atoms. The first-order chi connectivity index (χ1) is 16.6. The summed E-state index contributed by atoms with van der Waals surface area (Å²) in [6, 6.07) is 14.0. The number of H-pyrrole nitrogens is 1. The van der Waals surface area contributed by atoms with Gasteiger partial charge in [0, 0.05) is 47.0 Å². The summed E-state index contributed by atoms with van der Waals surface area (Å²) in [5, 5.41) is 9.15. The zero-order chi connectivity index (χ0) is 23.5. The fourth-order valence-electron chi connectivity index (χ4n) is 4.87. The molecule has 6 heteroatoms. The summed E-state index contributed by atoms with van der Waals surface area (Å²) in [5.74, 6) is 0.772. The molecule has 2 N–H and O–H groups in total. The molecule has 0 bridgehead atoms. The van der Waals surface area contributed by atoms with Crippen molar-refractivity contribution in [3.05, 3.63) is 82.8 Å². The van der Waals surface area contributed by atoms with Gasteiger partial charge in [0.05, 0.1) is 12.8 Å². The number of aromatic amines is 1. The lowest BCUT2D eigenvalue weighted by Gasteiger charge is -2.23. The Bertz CT molecular complexity index is 1300. The molecular weight excluding hydrogens is 424 g/mol. The van der Waals surface area contributed by atoms with Gasteiger partial charge in [-0.05, 0) is 80.1 Å². The third kappa shape index (κ3) is 4.77. The fraction of sp³-hybridized carbons (Fsp3) is 0.357. The molecule has 2 aromatic carbocycles. The van der Waals surface area contributed by atoms with Gasteiger partial charge in [0.1, 0.15) is 5.75 Å². The number of rotatable bonds is 9. The molecule has 6 nitrogen and oxygen atoms in total. The number of hydrogen-bond donors (Lipinski definition) is 2. The topological polar surface area (TPSA) is 71.9 Å². The molecule has 0 amide bonds. The van der Waals surface area contributed by atoms with E-state index in [0.29, 0.717) is 23.8 Å². The molecule has 0 saturated carbocycles. The van der Waals surface area contributed by atoms with E-state index < -0.39 is 0 Å². The number of carbonyl (C=O) groups is 1. The lowest BCUT2D eigenvalue weighted by molar-refractivity contribution is 0.103. The number of hydrogen-bond acceptors (Lipinski definition) is 4. The Morgan fingerprint density at radius 1 is 1.24 bits per heavy atom. The Hall–Kier alpha value is -3.38. The molecule has 4 aromatic rings. The molecule has 0 radical (unpaired) electrons. The maximum Gasteiger partial charge on any atom is 0.193 e. The zero-order valence-electron chi connectivity index (χ0n) is 19.9. The van der Waals surface area contributed by atoms with E-state index in [1.54, 1.807) is 0 Å². The summed E-state index contributed by atoms with van der Waals surface area (Å²) in [6.07, 6.45) is 9.03. The van der Waals surface area contributed by atoms with Crippen LogP contribution in [0, 0.1) is 0 Å². The summed E-state index contributed by atoms with van der Waals surface area (Å²) in [4.78, 5) is 16.9. The minimum absolute atomic E-state index is 0.0285. The standard InChI is InChI=1S/C28H32N4O2/c1-3-13-34-23-6-4-5-20(14-23)28(33)21-7-9-26-24(15-21)25-16-22(8-10-27(25)31-26)29-12-11-19-17-30-32(2)18-19/h4-7,9,14-15,17-18,22,29,31H,3,8,10-13,16H2,1-2H3. The Kier molecular flexibility index (Phi) is 6.50. The highest BCUT2D eigenvalue weighted by molar-refractivity contribution is 6.11. The first kappa shape index (κ1) is 22.4. The second kappa shape index (κ2) is 9.85. The van der Waals surface area contributed by atoms with Gasteiger partial charge in [0.2, 0.25) is 0 Å². The van der Waals surface area contributed by atoms with Crippen molar-refractivity contribution in [3.8, 4) is 5.75 Å². The second-order valence-corrected chi connectivity index (χ2v) is 9.21. The van der Waals surface area contributed by atoms with Crippen LogP contribution in [0.25, 0.3) is 10.9 Å². The van der Waals surface area contributed by atoms with Crippen LogP contribution in [0.15, 0.2) is 54.9 Å². The van der Waals surface area contributed by atoms with Crippen molar-refractivity contribution < 1.29 is 9.53 Å². The Labute approximate surface area is 200 Å². The molecule has 1 atom stereocenters. The first-order valence-electron chi connectivity index (χ1n) is 12.2. The van der Waals surface area contributed by atoms with E-state index in [2.05, 4.69) is 34.6 Å². The van der Waals surface area contributed by atoms with Crippen LogP contribution in [0.5, 0.6) is 5.75 Å². The highest BCUT2D eigenvalue weighted by Crippen LogP contribution is 2.31. The van der Waals surface area contributed by atoms with E-state index in [-0.39, 0.29) is 5.78 Å². The fourth-order valence-corrected chi connectivity index (χ4v) is 4.87. The van der Waals surface area contributed by atoms with E-state index in [1.165, 1.54) is 16.8 Å². The van der Waals surface area contributed by atoms with E-state index in [0.717, 1.165) is 55.3 Å². The molecule has 2 heterocycles. The lowest BCUT2D eigenvalue weighted by atomic mass is 9.90. The van der Waals surface area contributed by atoms with Gasteiger partial charge >= 0.3 is 0 Å². The average molecular weight is 457 g/mol. The van der Waals surface area contributed by atoms with Crippen molar-refractivity contribution in [2.45, 2.75) is 45.1 Å². The molecule has 1 aliphatic rings. The molecule has 176 valence electrons. The van der Waals surface area contributed by atoms with Crippen molar-refractivity contribution >= 4 is 16.7 Å². The molecule has 2 aromatic heterocycles. The number of aromatic nitrogens is 3. The van der Waals surface area contributed by atoms with Crippen molar-refractivity contribution in [2.75, 3.05) is 13.2 Å². The van der Waals surface area contributed by atoms with Gasteiger partial charge < -0.3 is 15.0 Å². The van der Waals surface area contributed by atoms with E-state index >= 15 is 0 Å². The van der Waals surface area contributed by atoms with Crippen molar-refractivity contribution in [1.29, 1.82) is 0 Å². The van der Waals surface area contributed by atoms with Crippen molar-refractivity contribution in [3.63, 3.8) is 0 Å². The second-order valence-electron chi connectivity index (χ2n) is 9.21. The van der Waals surface area contributed by atoms with Gasteiger partial charge in [0.25, 0.3) is 0 Å². The third-order valence-electron chi connectivity index (χ3n) is 6.62. The van der Waals surface area contributed by atoms with E-state index in [4.69, 9.17) is 4.74 Å². The average Bonchev–Trinajstić information content (AvgIpc) is 3.44. The molecule has 0 fully saturated rings. The third-order valence-corrected chi connectivity index (χ3v) is 6.62. The Morgan fingerprint density at radius 3 is 2.94 bits per heavy atom. The molecule has 1 aliphatic carbocycles. The highest BCUT2D eigenvalue weighted by Gasteiger charge is 2.23. The van der Waals surface area contributed by atoms with Crippen LogP contribution in [-0.2, 0) is 26.3 Å². The van der Waals surface area contributed by atoms with Crippen LogP contribution in [0.2, 0.25) is 0 Å². The maximum atomic E-state index is 13.3. The van der Waals surface area contributed by atoms with Crippen LogP contribution in [0.4, 0.5) is 0 Å². The van der Waals surface area contributed by atoms with E-state index in [1.807, 2.05) is 54.3 Å². The molecule has 0 spiro atoms. The first-order valence-corrected chi connectivity index (χ1v) is 12.2. The SMILES string of the molecule is CCCOc1cccc(C(=O)c2ccc3[nH]c4c(c3c2)CC(NCCc2cnn(C)c2)CC4)c1. The summed E-state index contributed by atoms with van der Waals surface area (Å²) in [5.41, 5.74) is 6.39. The van der Waals surface area contributed by atoms with Crippen LogP contribution >= 0.6 is 0 Å². The van der Waals surface area contributed by atoms with Gasteiger partial charge in [-0.15, -0.1) is 0 Å². The van der Waals surface area contributed by atoms with Crippen molar-refractivity contribution in [1.82, 2.24) is 20.1 Å². The maximum absolute atomic E-state index is 13.3. The van der Waals surface area contributed by atoms with Crippen LogP contribution in [0.1, 0.15) is 52.5 Å². The zero-order valence-corrected chi connectivity index (χ0v) is 19.9. The number of nitrogens with one attached hydrogen (secondary N) is 2. The lowest BCUT2D eigenvalue weighted by Crippen LogP contribution is -2.35. The molecule has 1 unspecified atom stereocenters. The van der Waals surface area contributed by atoms with Gasteiger partial charge in [-0.2, -0.15) is 5.10 Å². The molecule has 5 rings (SSSR count). The predicted octanol–water partition coefficient (Wildman–Crippen LogP) is 4.61. The normalized spacial score (nSPS) is 15.4. The van der Waals surface area contributed by atoms with Gasteiger partial charge in [0.15, 0.2) is 5.78 Å². The predicted molar refractivity (Wildman–Crippen MR) is 135 cm³/mol. The largest absolute Gasteiger partial charge is 0.494 e. The molecule has 0 aliphatic heterocycles. The Morgan fingerprint density at radius 2 is 2.12 bits per heavy atom. The molecular formula is C28H32N4O2. The number of fused-ring (bicyclic) bond motifs is 3.